The summed E-state index contributed by atoms with van der Waals surface area (Å²) in [6, 6.07) is 1.08. The second-order valence-corrected chi connectivity index (χ2v) is 8.19. The van der Waals surface area contributed by atoms with Gasteiger partial charge in [-0.05, 0) is 25.7 Å². The first-order valence-corrected chi connectivity index (χ1v) is 9.69. The van der Waals surface area contributed by atoms with Crippen LogP contribution in [0.15, 0.2) is 21.9 Å². The maximum Gasteiger partial charge on any atom is 0.330 e. The molecule has 1 aromatic heterocycles. The first kappa shape index (κ1) is 19.4. The maximum atomic E-state index is 11.8. The minimum Gasteiger partial charge on any atom is -0.394 e. The zero-order valence-electron chi connectivity index (χ0n) is 12.9. The summed E-state index contributed by atoms with van der Waals surface area (Å²) in [6.07, 6.45) is -4.19. The molecule has 1 aliphatic heterocycles. The Hall–Kier alpha value is -0.910. The summed E-state index contributed by atoms with van der Waals surface area (Å²) < 4.78 is 16.8. The predicted octanol–water partition coefficient (Wildman–Crippen LogP) is -1.19. The van der Waals surface area contributed by atoms with E-state index in [0.29, 0.717) is 0 Å². The average Bonchev–Trinajstić information content (AvgIpc) is 2.74. The van der Waals surface area contributed by atoms with Gasteiger partial charge in [0.15, 0.2) is 6.23 Å². The largest absolute Gasteiger partial charge is 0.394 e. The highest BCUT2D eigenvalue weighted by atomic mass is 32.5. The van der Waals surface area contributed by atoms with E-state index < -0.39 is 55.2 Å². The maximum absolute atomic E-state index is 11.8. The Morgan fingerprint density at radius 2 is 2.17 bits per heavy atom. The summed E-state index contributed by atoms with van der Waals surface area (Å²) in [5, 5.41) is 19.8. The van der Waals surface area contributed by atoms with Crippen molar-refractivity contribution in [2.75, 3.05) is 6.61 Å². The first-order chi connectivity index (χ1) is 11.1. The molecule has 0 aromatic carbocycles. The van der Waals surface area contributed by atoms with Gasteiger partial charge in [0.1, 0.15) is 18.3 Å². The smallest absolute Gasteiger partial charge is 0.330 e. The molecule has 12 heteroatoms. The molecule has 1 aliphatic rings. The number of ether oxygens (including phenoxy) is 1. The summed E-state index contributed by atoms with van der Waals surface area (Å²) in [5.74, 6) is 0. The van der Waals surface area contributed by atoms with Gasteiger partial charge in [-0.15, -0.1) is 0 Å². The molecule has 0 spiro atoms. The van der Waals surface area contributed by atoms with E-state index in [0.717, 1.165) is 16.8 Å². The molecule has 1 unspecified atom stereocenters. The van der Waals surface area contributed by atoms with E-state index >= 15 is 0 Å². The van der Waals surface area contributed by atoms with Crippen molar-refractivity contribution < 1.29 is 28.9 Å². The van der Waals surface area contributed by atoms with Crippen LogP contribution in [0.25, 0.3) is 0 Å². The minimum atomic E-state index is -3.69. The first-order valence-electron chi connectivity index (χ1n) is 7.10. The Kier molecular flexibility index (Phi) is 6.10. The van der Waals surface area contributed by atoms with Crippen molar-refractivity contribution in [3.63, 3.8) is 0 Å². The molecule has 136 valence electrons. The molecule has 1 saturated heterocycles. The number of aromatic nitrogens is 2. The third kappa shape index (κ3) is 4.38. The van der Waals surface area contributed by atoms with E-state index in [1.54, 1.807) is 13.8 Å². The van der Waals surface area contributed by atoms with E-state index in [-0.39, 0.29) is 0 Å². The quantitative estimate of drug-likeness (QED) is 0.447. The van der Waals surface area contributed by atoms with Crippen LogP contribution in [0.5, 0.6) is 0 Å². The highest BCUT2D eigenvalue weighted by Gasteiger charge is 2.48. The van der Waals surface area contributed by atoms with Crippen molar-refractivity contribution in [2.45, 2.75) is 44.5 Å². The lowest BCUT2D eigenvalue weighted by Gasteiger charge is -2.25. The lowest BCUT2D eigenvalue weighted by Crippen LogP contribution is -2.38. The van der Waals surface area contributed by atoms with E-state index in [4.69, 9.17) is 25.6 Å². The molecule has 0 amide bonds. The molecule has 0 radical (unpaired) electrons. The molecule has 4 N–H and O–H groups in total. The minimum absolute atomic E-state index is 0.412. The fraction of sp³-hybridized carbons (Fsp3) is 0.667. The molecule has 10 nitrogen and oxygen atoms in total. The summed E-state index contributed by atoms with van der Waals surface area (Å²) in [7, 11) is 0. The number of hydrogen-bond acceptors (Lipinski definition) is 8. The van der Waals surface area contributed by atoms with E-state index in [9.17, 15) is 24.7 Å². The van der Waals surface area contributed by atoms with Gasteiger partial charge in [-0.2, -0.15) is 0 Å². The SMILES string of the molecule is CC(C)OP(O)(=S)O[C@H]1[C@@H](O)[C@H](n2ccc(=O)[nH]c2=O)O[C@@H]1CO. The van der Waals surface area contributed by atoms with Crippen LogP contribution in [0.3, 0.4) is 0 Å². The van der Waals surface area contributed by atoms with Gasteiger partial charge < -0.3 is 24.4 Å². The number of aromatic amines is 1. The summed E-state index contributed by atoms with van der Waals surface area (Å²) in [6.45, 7) is -0.940. The van der Waals surface area contributed by atoms with Gasteiger partial charge in [0.25, 0.3) is 5.56 Å². The standard InChI is InChI=1S/C12H19N2O8PS/c1-6(2)21-23(19,24)22-10-7(5-15)20-11(9(10)17)14-4-3-8(16)13-12(14)18/h3-4,6-7,9-11,15,17H,5H2,1-2H3,(H,19,24)(H,13,16,18)/t7-,9-,10-,11-,23?/m1/s1. The molecule has 0 bridgehead atoms. The van der Waals surface area contributed by atoms with Crippen molar-refractivity contribution in [3.8, 4) is 0 Å². The van der Waals surface area contributed by atoms with Gasteiger partial charge >= 0.3 is 12.4 Å². The van der Waals surface area contributed by atoms with Crippen LogP contribution in [-0.4, -0.2) is 55.7 Å². The molecule has 2 rings (SSSR count). The van der Waals surface area contributed by atoms with Gasteiger partial charge in [0.2, 0.25) is 0 Å². The van der Waals surface area contributed by atoms with Gasteiger partial charge in [0, 0.05) is 12.3 Å². The number of nitrogens with zero attached hydrogens (tertiary/aromatic N) is 1. The summed E-state index contributed by atoms with van der Waals surface area (Å²) in [4.78, 5) is 35.0. The van der Waals surface area contributed by atoms with Crippen molar-refractivity contribution in [1.82, 2.24) is 9.55 Å². The number of aliphatic hydroxyl groups excluding tert-OH is 2. The van der Waals surface area contributed by atoms with Gasteiger partial charge in [-0.3, -0.25) is 18.9 Å². The Morgan fingerprint density at radius 1 is 1.50 bits per heavy atom. The molecule has 24 heavy (non-hydrogen) atoms. The van der Waals surface area contributed by atoms with E-state index in [2.05, 4.69) is 0 Å². The van der Waals surface area contributed by atoms with Crippen molar-refractivity contribution in [2.24, 2.45) is 0 Å². The van der Waals surface area contributed by atoms with Crippen LogP contribution in [-0.2, 0) is 25.6 Å². The second kappa shape index (κ2) is 7.54. The van der Waals surface area contributed by atoms with Crippen molar-refractivity contribution in [1.29, 1.82) is 0 Å². The molecule has 0 aliphatic carbocycles. The molecule has 1 fully saturated rings. The number of aliphatic hydroxyl groups is 2. The number of hydrogen-bond donors (Lipinski definition) is 4. The fourth-order valence-electron chi connectivity index (χ4n) is 2.30. The lowest BCUT2D eigenvalue weighted by molar-refractivity contribution is -0.0548. The van der Waals surface area contributed by atoms with Crippen LogP contribution < -0.4 is 11.2 Å². The highest BCUT2D eigenvalue weighted by Crippen LogP contribution is 2.49. The third-order valence-corrected chi connectivity index (χ3v) is 4.93. The van der Waals surface area contributed by atoms with E-state index in [1.165, 1.54) is 0 Å². The number of H-pyrrole nitrogens is 1. The number of nitrogens with one attached hydrogen (secondary N) is 1. The van der Waals surface area contributed by atoms with Gasteiger partial charge in [0.05, 0.1) is 12.7 Å². The van der Waals surface area contributed by atoms with E-state index in [1.807, 2.05) is 4.98 Å². The van der Waals surface area contributed by atoms with Gasteiger partial charge in [-0.25, -0.2) is 4.79 Å². The van der Waals surface area contributed by atoms with Crippen LogP contribution in [0.1, 0.15) is 20.1 Å². The van der Waals surface area contributed by atoms with Crippen LogP contribution in [0.2, 0.25) is 0 Å². The van der Waals surface area contributed by atoms with Crippen LogP contribution in [0.4, 0.5) is 0 Å². The number of rotatable bonds is 6. The fourth-order valence-corrected chi connectivity index (χ4v) is 4.26. The Balaban J connectivity index is 2.26. The topological polar surface area (TPSA) is 143 Å². The predicted molar refractivity (Wildman–Crippen MR) is 85.9 cm³/mol. The highest BCUT2D eigenvalue weighted by molar-refractivity contribution is 8.07. The van der Waals surface area contributed by atoms with Gasteiger partial charge in [-0.1, -0.05) is 0 Å². The van der Waals surface area contributed by atoms with Crippen molar-refractivity contribution in [3.05, 3.63) is 33.1 Å². The summed E-state index contributed by atoms with van der Waals surface area (Å²) >= 11 is 4.87. The monoisotopic (exact) mass is 382 g/mol. The van der Waals surface area contributed by atoms with Crippen LogP contribution in [0, 0.1) is 0 Å². The Bertz CT molecular complexity index is 734. The Labute approximate surface area is 141 Å². The summed E-state index contributed by atoms with van der Waals surface area (Å²) in [5.41, 5.74) is -1.41. The van der Waals surface area contributed by atoms with Crippen molar-refractivity contribution >= 4 is 18.5 Å². The molecule has 0 saturated carbocycles. The van der Waals surface area contributed by atoms with Crippen LogP contribution >= 0.6 is 6.72 Å². The zero-order chi connectivity index (χ0) is 18.1. The Morgan fingerprint density at radius 3 is 2.71 bits per heavy atom. The normalized spacial score (nSPS) is 29.8. The molecular formula is C12H19N2O8PS. The second-order valence-electron chi connectivity index (χ2n) is 5.45. The third-order valence-electron chi connectivity index (χ3n) is 3.21. The average molecular weight is 382 g/mol. The molecular weight excluding hydrogens is 363 g/mol. The molecule has 5 atom stereocenters. The molecule has 2 heterocycles. The molecule has 1 aromatic rings. The zero-order valence-corrected chi connectivity index (χ0v) is 14.6. The lowest BCUT2D eigenvalue weighted by atomic mass is 10.1.